The van der Waals surface area contributed by atoms with Crippen LogP contribution in [0.15, 0.2) is 43.0 Å². The lowest BCUT2D eigenvalue weighted by molar-refractivity contribution is -0.143. The van der Waals surface area contributed by atoms with Crippen LogP contribution in [0, 0.1) is 5.92 Å². The molecule has 26 heavy (non-hydrogen) atoms. The molecule has 1 aliphatic rings. The molecule has 1 saturated heterocycles. The van der Waals surface area contributed by atoms with Gasteiger partial charge in [0.05, 0.1) is 6.04 Å². The highest BCUT2D eigenvalue weighted by atomic mass is 16.2. The lowest BCUT2D eigenvalue weighted by Gasteiger charge is -2.22. The Hall–Kier alpha value is -2.96. The van der Waals surface area contributed by atoms with Crippen molar-refractivity contribution in [2.24, 2.45) is 5.92 Å². The van der Waals surface area contributed by atoms with Crippen LogP contribution in [0.2, 0.25) is 0 Å². The molecule has 0 bridgehead atoms. The lowest BCUT2D eigenvalue weighted by Crippen LogP contribution is -2.42. The Bertz CT molecular complexity index is 715. The molecule has 1 heterocycles. The normalized spacial score (nSPS) is 15.6. The molecule has 2 rings (SSSR count). The van der Waals surface area contributed by atoms with Crippen molar-refractivity contribution < 1.29 is 19.2 Å². The zero-order valence-electron chi connectivity index (χ0n) is 15.0. The molecular weight excluding hydrogens is 334 g/mol. The van der Waals surface area contributed by atoms with Crippen molar-refractivity contribution in [2.45, 2.75) is 26.3 Å². The zero-order valence-corrected chi connectivity index (χ0v) is 15.0. The third-order valence-electron chi connectivity index (χ3n) is 3.99. The standard InChI is InChI=1S/C19H23N3O4/c1-4-10-21-17(24)18(25)22(19(21)26)12-16(23)20-15(11-13(2)3)14-8-6-5-7-9-14/h4-9,13,15H,1,10-12H2,2-3H3,(H,20,23)/t15-/m1/s1. The smallest absolute Gasteiger partial charge is 0.335 e. The summed E-state index contributed by atoms with van der Waals surface area (Å²) in [6, 6.07) is 8.44. The molecule has 0 aliphatic carbocycles. The fraction of sp³-hybridized carbons (Fsp3) is 0.368. The first-order chi connectivity index (χ1) is 12.3. The monoisotopic (exact) mass is 357 g/mol. The van der Waals surface area contributed by atoms with Crippen LogP contribution in [0.4, 0.5) is 4.79 Å². The summed E-state index contributed by atoms with van der Waals surface area (Å²) >= 11 is 0. The number of carbonyl (C=O) groups is 4. The maximum Gasteiger partial charge on any atom is 0.335 e. The quantitative estimate of drug-likeness (QED) is 0.437. The van der Waals surface area contributed by atoms with E-state index in [1.165, 1.54) is 6.08 Å². The highest BCUT2D eigenvalue weighted by Crippen LogP contribution is 2.21. The van der Waals surface area contributed by atoms with Gasteiger partial charge in [0.1, 0.15) is 6.54 Å². The first-order valence-corrected chi connectivity index (χ1v) is 8.47. The number of hydrogen-bond donors (Lipinski definition) is 1. The van der Waals surface area contributed by atoms with Crippen LogP contribution in [-0.4, -0.2) is 46.6 Å². The molecule has 1 aromatic carbocycles. The average molecular weight is 357 g/mol. The summed E-state index contributed by atoms with van der Waals surface area (Å²) in [6.07, 6.45) is 2.06. The van der Waals surface area contributed by atoms with Crippen molar-refractivity contribution in [1.29, 1.82) is 0 Å². The number of urea groups is 1. The van der Waals surface area contributed by atoms with E-state index < -0.39 is 30.3 Å². The SMILES string of the molecule is C=CCN1C(=O)C(=O)N(CC(=O)N[C@H](CC(C)C)c2ccccc2)C1=O. The second-order valence-corrected chi connectivity index (χ2v) is 6.54. The molecule has 138 valence electrons. The zero-order chi connectivity index (χ0) is 19.3. The number of benzene rings is 1. The van der Waals surface area contributed by atoms with Gasteiger partial charge >= 0.3 is 17.8 Å². The summed E-state index contributed by atoms with van der Waals surface area (Å²) < 4.78 is 0. The van der Waals surface area contributed by atoms with Gasteiger partial charge in [0, 0.05) is 6.54 Å². The summed E-state index contributed by atoms with van der Waals surface area (Å²) in [5.74, 6) is -2.09. The van der Waals surface area contributed by atoms with E-state index in [0.29, 0.717) is 17.2 Å². The Morgan fingerprint density at radius 3 is 2.31 bits per heavy atom. The Morgan fingerprint density at radius 1 is 1.12 bits per heavy atom. The Labute approximate surface area is 152 Å². The van der Waals surface area contributed by atoms with Crippen LogP contribution in [0.1, 0.15) is 31.9 Å². The molecule has 0 spiro atoms. The fourth-order valence-electron chi connectivity index (χ4n) is 2.80. The fourth-order valence-corrected chi connectivity index (χ4v) is 2.80. The number of carbonyl (C=O) groups excluding carboxylic acids is 4. The van der Waals surface area contributed by atoms with Gasteiger partial charge in [-0.2, -0.15) is 0 Å². The molecule has 1 atom stereocenters. The Kier molecular flexibility index (Phi) is 6.27. The summed E-state index contributed by atoms with van der Waals surface area (Å²) in [5, 5.41) is 2.86. The van der Waals surface area contributed by atoms with Gasteiger partial charge < -0.3 is 5.32 Å². The maximum atomic E-state index is 12.4. The summed E-state index contributed by atoms with van der Waals surface area (Å²) in [7, 11) is 0. The lowest BCUT2D eigenvalue weighted by atomic mass is 9.97. The molecule has 0 unspecified atom stereocenters. The van der Waals surface area contributed by atoms with Gasteiger partial charge in [-0.15, -0.1) is 6.58 Å². The van der Waals surface area contributed by atoms with Crippen molar-refractivity contribution in [2.75, 3.05) is 13.1 Å². The maximum absolute atomic E-state index is 12.4. The molecular formula is C19H23N3O4. The van der Waals surface area contributed by atoms with E-state index in [2.05, 4.69) is 11.9 Å². The van der Waals surface area contributed by atoms with E-state index in [0.717, 1.165) is 10.5 Å². The largest absolute Gasteiger partial charge is 0.348 e. The van der Waals surface area contributed by atoms with Gasteiger partial charge in [0.2, 0.25) is 5.91 Å². The third kappa shape index (κ3) is 4.36. The predicted octanol–water partition coefficient (Wildman–Crippen LogP) is 1.87. The second-order valence-electron chi connectivity index (χ2n) is 6.54. The van der Waals surface area contributed by atoms with Gasteiger partial charge in [0.25, 0.3) is 0 Å². The van der Waals surface area contributed by atoms with E-state index in [9.17, 15) is 19.2 Å². The molecule has 1 aliphatic heterocycles. The van der Waals surface area contributed by atoms with E-state index in [-0.39, 0.29) is 12.6 Å². The number of amides is 5. The minimum Gasteiger partial charge on any atom is -0.348 e. The number of hydrogen-bond acceptors (Lipinski definition) is 4. The van der Waals surface area contributed by atoms with Crippen LogP contribution < -0.4 is 5.32 Å². The predicted molar refractivity (Wildman–Crippen MR) is 95.8 cm³/mol. The molecule has 0 saturated carbocycles. The van der Waals surface area contributed by atoms with E-state index in [1.54, 1.807) is 0 Å². The van der Waals surface area contributed by atoms with Crippen LogP contribution in [0.3, 0.4) is 0 Å². The summed E-state index contributed by atoms with van der Waals surface area (Å²) in [6.45, 7) is 6.98. The van der Waals surface area contributed by atoms with Crippen molar-refractivity contribution in [1.82, 2.24) is 15.1 Å². The molecule has 0 radical (unpaired) electrons. The number of rotatable bonds is 8. The number of nitrogens with zero attached hydrogens (tertiary/aromatic N) is 2. The summed E-state index contributed by atoms with van der Waals surface area (Å²) in [5.41, 5.74) is 0.943. The Morgan fingerprint density at radius 2 is 1.73 bits per heavy atom. The molecule has 7 heteroatoms. The second kappa shape index (κ2) is 8.42. The third-order valence-corrected chi connectivity index (χ3v) is 3.99. The van der Waals surface area contributed by atoms with E-state index in [1.807, 2.05) is 44.2 Å². The van der Waals surface area contributed by atoms with Gasteiger partial charge in [0.15, 0.2) is 0 Å². The van der Waals surface area contributed by atoms with Gasteiger partial charge in [-0.3, -0.25) is 19.3 Å². The molecule has 5 amide bonds. The first-order valence-electron chi connectivity index (χ1n) is 8.47. The Balaban J connectivity index is 2.08. The van der Waals surface area contributed by atoms with Crippen molar-refractivity contribution in [3.8, 4) is 0 Å². The van der Waals surface area contributed by atoms with Crippen LogP contribution in [-0.2, 0) is 14.4 Å². The van der Waals surface area contributed by atoms with Gasteiger partial charge in [-0.05, 0) is 17.9 Å². The van der Waals surface area contributed by atoms with E-state index >= 15 is 0 Å². The highest BCUT2D eigenvalue weighted by Gasteiger charge is 2.44. The van der Waals surface area contributed by atoms with Crippen LogP contribution in [0.25, 0.3) is 0 Å². The average Bonchev–Trinajstić information content (AvgIpc) is 2.80. The minimum atomic E-state index is -0.993. The minimum absolute atomic E-state index is 0.0679. The van der Waals surface area contributed by atoms with Crippen LogP contribution >= 0.6 is 0 Å². The van der Waals surface area contributed by atoms with Gasteiger partial charge in [-0.25, -0.2) is 9.69 Å². The highest BCUT2D eigenvalue weighted by molar-refractivity contribution is 6.45. The first kappa shape index (κ1) is 19.4. The molecule has 0 aromatic heterocycles. The molecule has 1 fully saturated rings. The van der Waals surface area contributed by atoms with Crippen molar-refractivity contribution >= 4 is 23.8 Å². The number of imide groups is 2. The molecule has 1 N–H and O–H groups in total. The summed E-state index contributed by atoms with van der Waals surface area (Å²) in [4.78, 5) is 49.8. The molecule has 1 aromatic rings. The van der Waals surface area contributed by atoms with Gasteiger partial charge in [-0.1, -0.05) is 50.3 Å². The van der Waals surface area contributed by atoms with Crippen LogP contribution in [0.5, 0.6) is 0 Å². The topological polar surface area (TPSA) is 86.8 Å². The van der Waals surface area contributed by atoms with Crippen molar-refractivity contribution in [3.05, 3.63) is 48.6 Å². The molecule has 7 nitrogen and oxygen atoms in total. The number of nitrogens with one attached hydrogen (secondary N) is 1. The van der Waals surface area contributed by atoms with Crippen molar-refractivity contribution in [3.63, 3.8) is 0 Å². The van der Waals surface area contributed by atoms with E-state index in [4.69, 9.17) is 0 Å².